The normalized spacial score (nSPS) is 12.9. The molecule has 1 atom stereocenters. The molecule has 0 bridgehead atoms. The maximum absolute atomic E-state index is 4.52. The van der Waals surface area contributed by atoms with Crippen LogP contribution in [0.1, 0.15) is 20.8 Å². The van der Waals surface area contributed by atoms with E-state index in [2.05, 4.69) is 41.4 Å². The van der Waals surface area contributed by atoms with Crippen molar-refractivity contribution in [3.8, 4) is 0 Å². The molecule has 5 nitrogen and oxygen atoms in total. The molecule has 0 spiro atoms. The van der Waals surface area contributed by atoms with Gasteiger partial charge >= 0.3 is 0 Å². The van der Waals surface area contributed by atoms with Gasteiger partial charge in [0.05, 0.1) is 6.20 Å². The molecule has 2 aromatic heterocycles. The number of nitrogens with one attached hydrogen (secondary N) is 2. The predicted octanol–water partition coefficient (Wildman–Crippen LogP) is 2.48. The quantitative estimate of drug-likeness (QED) is 0.852. The molecule has 0 amide bonds. The van der Waals surface area contributed by atoms with Gasteiger partial charge in [0, 0.05) is 26.0 Å². The van der Waals surface area contributed by atoms with E-state index in [9.17, 15) is 0 Å². The highest BCUT2D eigenvalue weighted by Crippen LogP contribution is 2.17. The highest BCUT2D eigenvalue weighted by Gasteiger charge is 2.10. The zero-order chi connectivity index (χ0) is 13.1. The zero-order valence-corrected chi connectivity index (χ0v) is 11.4. The molecule has 0 saturated heterocycles. The highest BCUT2D eigenvalue weighted by atomic mass is 15.1. The maximum atomic E-state index is 4.52. The lowest BCUT2D eigenvalue weighted by Crippen LogP contribution is -2.17. The summed E-state index contributed by atoms with van der Waals surface area (Å²) in [5, 5.41) is 6.46. The fraction of sp³-hybridized carbons (Fsp3) is 0.538. The van der Waals surface area contributed by atoms with Crippen LogP contribution in [0.4, 0.5) is 11.6 Å². The van der Waals surface area contributed by atoms with Crippen LogP contribution in [-0.2, 0) is 0 Å². The van der Waals surface area contributed by atoms with E-state index in [1.54, 1.807) is 6.20 Å². The molecule has 2 rings (SSSR count). The van der Waals surface area contributed by atoms with Gasteiger partial charge in [-0.2, -0.15) is 0 Å². The first-order valence-electron chi connectivity index (χ1n) is 6.37. The molecule has 2 heterocycles. The van der Waals surface area contributed by atoms with Gasteiger partial charge < -0.3 is 15.0 Å². The van der Waals surface area contributed by atoms with Crippen molar-refractivity contribution in [3.63, 3.8) is 0 Å². The zero-order valence-electron chi connectivity index (χ0n) is 11.4. The molecule has 0 saturated carbocycles. The molecule has 98 valence electrons. The SMILES string of the molecule is CNc1cn2ccnc2c(NCC(C)C(C)C)n1. The number of anilines is 2. The Balaban J connectivity index is 2.23. The van der Waals surface area contributed by atoms with Crippen molar-refractivity contribution in [2.75, 3.05) is 24.2 Å². The van der Waals surface area contributed by atoms with Crippen LogP contribution in [0, 0.1) is 11.8 Å². The van der Waals surface area contributed by atoms with Crippen molar-refractivity contribution in [1.29, 1.82) is 0 Å². The molecule has 0 aliphatic carbocycles. The average molecular weight is 247 g/mol. The third-order valence-electron chi connectivity index (χ3n) is 3.36. The van der Waals surface area contributed by atoms with Gasteiger partial charge in [-0.3, -0.25) is 0 Å². The number of nitrogens with zero attached hydrogens (tertiary/aromatic N) is 3. The number of aromatic nitrogens is 3. The van der Waals surface area contributed by atoms with Crippen LogP contribution in [0.3, 0.4) is 0 Å². The Hall–Kier alpha value is -1.78. The molecule has 0 fully saturated rings. The Morgan fingerprint density at radius 2 is 2.11 bits per heavy atom. The number of hydrogen-bond acceptors (Lipinski definition) is 4. The summed E-state index contributed by atoms with van der Waals surface area (Å²) >= 11 is 0. The molecule has 2 N–H and O–H groups in total. The van der Waals surface area contributed by atoms with Crippen LogP contribution < -0.4 is 10.6 Å². The van der Waals surface area contributed by atoms with Crippen LogP contribution in [-0.4, -0.2) is 28.0 Å². The minimum Gasteiger partial charge on any atom is -0.372 e. The van der Waals surface area contributed by atoms with Gasteiger partial charge in [-0.05, 0) is 11.8 Å². The molecule has 0 aliphatic rings. The van der Waals surface area contributed by atoms with Crippen molar-refractivity contribution in [3.05, 3.63) is 18.6 Å². The van der Waals surface area contributed by atoms with Crippen LogP contribution in [0.5, 0.6) is 0 Å². The Morgan fingerprint density at radius 3 is 2.78 bits per heavy atom. The van der Waals surface area contributed by atoms with E-state index in [0.717, 1.165) is 23.8 Å². The minimum atomic E-state index is 0.597. The Kier molecular flexibility index (Phi) is 3.69. The predicted molar refractivity (Wildman–Crippen MR) is 75.0 cm³/mol. The first kappa shape index (κ1) is 12.7. The smallest absolute Gasteiger partial charge is 0.180 e. The second-order valence-corrected chi connectivity index (χ2v) is 4.99. The molecular formula is C13H21N5. The Morgan fingerprint density at radius 1 is 1.33 bits per heavy atom. The summed E-state index contributed by atoms with van der Waals surface area (Å²) in [6, 6.07) is 0. The lowest BCUT2D eigenvalue weighted by atomic mass is 9.98. The van der Waals surface area contributed by atoms with E-state index < -0.39 is 0 Å². The fourth-order valence-electron chi connectivity index (χ4n) is 1.66. The summed E-state index contributed by atoms with van der Waals surface area (Å²) in [5.41, 5.74) is 0.866. The number of rotatable bonds is 5. The first-order valence-corrected chi connectivity index (χ1v) is 6.37. The largest absolute Gasteiger partial charge is 0.372 e. The summed E-state index contributed by atoms with van der Waals surface area (Å²) in [6.07, 6.45) is 5.64. The molecule has 1 unspecified atom stereocenters. The molecule has 2 aromatic rings. The standard InChI is InChI=1S/C13H21N5/c1-9(2)10(3)7-16-12-13-15-5-6-18(13)8-11(14-4)17-12/h5-6,8-10,14H,7H2,1-4H3,(H,16,17). The van der Waals surface area contributed by atoms with Gasteiger partial charge in [-0.1, -0.05) is 20.8 Å². The van der Waals surface area contributed by atoms with Crippen LogP contribution in [0.25, 0.3) is 5.65 Å². The summed E-state index contributed by atoms with van der Waals surface area (Å²) in [7, 11) is 1.87. The van der Waals surface area contributed by atoms with E-state index in [-0.39, 0.29) is 0 Å². The Labute approximate surface area is 108 Å². The van der Waals surface area contributed by atoms with Gasteiger partial charge in [0.15, 0.2) is 11.5 Å². The summed E-state index contributed by atoms with van der Waals surface area (Å²) in [5.74, 6) is 2.92. The molecule has 18 heavy (non-hydrogen) atoms. The molecule has 0 radical (unpaired) electrons. The summed E-state index contributed by atoms with van der Waals surface area (Å²) in [6.45, 7) is 7.60. The van der Waals surface area contributed by atoms with Gasteiger partial charge in [-0.25, -0.2) is 9.97 Å². The van der Waals surface area contributed by atoms with Crippen molar-refractivity contribution < 1.29 is 0 Å². The van der Waals surface area contributed by atoms with Crippen molar-refractivity contribution in [1.82, 2.24) is 14.4 Å². The summed E-state index contributed by atoms with van der Waals surface area (Å²) < 4.78 is 1.97. The van der Waals surface area contributed by atoms with Crippen molar-refractivity contribution in [2.45, 2.75) is 20.8 Å². The van der Waals surface area contributed by atoms with Crippen LogP contribution in [0.2, 0.25) is 0 Å². The van der Waals surface area contributed by atoms with Crippen molar-refractivity contribution >= 4 is 17.3 Å². The van der Waals surface area contributed by atoms with Crippen LogP contribution >= 0.6 is 0 Å². The Bertz CT molecular complexity index is 517. The molecule has 5 heteroatoms. The molecule has 0 aliphatic heterocycles. The van der Waals surface area contributed by atoms with Crippen molar-refractivity contribution in [2.24, 2.45) is 11.8 Å². The minimum absolute atomic E-state index is 0.597. The lowest BCUT2D eigenvalue weighted by molar-refractivity contribution is 0.439. The van der Waals surface area contributed by atoms with Gasteiger partial charge in [0.2, 0.25) is 0 Å². The van der Waals surface area contributed by atoms with Gasteiger partial charge in [0.25, 0.3) is 0 Å². The lowest BCUT2D eigenvalue weighted by Gasteiger charge is -2.17. The monoisotopic (exact) mass is 247 g/mol. The number of hydrogen-bond donors (Lipinski definition) is 2. The molecular weight excluding hydrogens is 226 g/mol. The third kappa shape index (κ3) is 2.55. The average Bonchev–Trinajstić information content (AvgIpc) is 2.83. The van der Waals surface area contributed by atoms with E-state index in [4.69, 9.17) is 0 Å². The number of imidazole rings is 1. The van der Waals surface area contributed by atoms with Gasteiger partial charge in [0.1, 0.15) is 5.82 Å². The second-order valence-electron chi connectivity index (χ2n) is 4.99. The maximum Gasteiger partial charge on any atom is 0.180 e. The number of fused-ring (bicyclic) bond motifs is 1. The van der Waals surface area contributed by atoms with E-state index in [1.807, 2.05) is 23.8 Å². The topological polar surface area (TPSA) is 54.2 Å². The van der Waals surface area contributed by atoms with Gasteiger partial charge in [-0.15, -0.1) is 0 Å². The van der Waals surface area contributed by atoms with E-state index in [0.29, 0.717) is 11.8 Å². The summed E-state index contributed by atoms with van der Waals surface area (Å²) in [4.78, 5) is 8.84. The fourth-order valence-corrected chi connectivity index (χ4v) is 1.66. The molecule has 0 aromatic carbocycles. The first-order chi connectivity index (χ1) is 8.61. The van der Waals surface area contributed by atoms with Crippen LogP contribution in [0.15, 0.2) is 18.6 Å². The second kappa shape index (κ2) is 5.25. The van der Waals surface area contributed by atoms with E-state index in [1.165, 1.54) is 0 Å². The third-order valence-corrected chi connectivity index (χ3v) is 3.36. The highest BCUT2D eigenvalue weighted by molar-refractivity contribution is 5.65. The van der Waals surface area contributed by atoms with E-state index >= 15 is 0 Å².